The van der Waals surface area contributed by atoms with Crippen LogP contribution >= 0.6 is 41.9 Å². The van der Waals surface area contributed by atoms with Gasteiger partial charge in [0, 0.05) is 90.8 Å². The molecule has 9 heterocycles. The van der Waals surface area contributed by atoms with Gasteiger partial charge >= 0.3 is 0 Å². The van der Waals surface area contributed by atoms with E-state index in [2.05, 4.69) is 151 Å². The van der Waals surface area contributed by atoms with E-state index in [9.17, 15) is 0 Å². The number of rotatable bonds is 4. The first-order valence-electron chi connectivity index (χ1n) is 15.7. The summed E-state index contributed by atoms with van der Waals surface area (Å²) in [6.45, 7) is 0. The summed E-state index contributed by atoms with van der Waals surface area (Å²) in [7, 11) is 0.339. The Morgan fingerprint density at radius 1 is 0.375 bits per heavy atom. The fourth-order valence-electron chi connectivity index (χ4n) is 6.83. The van der Waals surface area contributed by atoms with E-state index in [0.29, 0.717) is 0 Å². The van der Waals surface area contributed by atoms with Crippen LogP contribution in [0.2, 0.25) is 0 Å². The van der Waals surface area contributed by atoms with Crippen LogP contribution in [0.3, 0.4) is 0 Å². The summed E-state index contributed by atoms with van der Waals surface area (Å²) in [5.74, 6) is 0. The van der Waals surface area contributed by atoms with Gasteiger partial charge < -0.3 is 9.97 Å². The Balaban J connectivity index is 1.48. The van der Waals surface area contributed by atoms with Crippen molar-refractivity contribution in [2.24, 2.45) is 25.0 Å². The Labute approximate surface area is 290 Å². The fraction of sp³-hybridized carbons (Fsp3) is 0.100. The van der Waals surface area contributed by atoms with E-state index in [1.165, 1.54) is 22.3 Å². The van der Waals surface area contributed by atoms with Crippen molar-refractivity contribution >= 4 is 88.3 Å². The number of nitrogens with one attached hydrogen (secondary N) is 2. The molecule has 0 saturated heterocycles. The number of hydrogen-bond acceptors (Lipinski definition) is 2. The Morgan fingerprint density at radius 2 is 0.625 bits per heavy atom. The Bertz CT molecular complexity index is 2280. The quantitative estimate of drug-likeness (QED) is 0.180. The average molecular weight is 699 g/mol. The summed E-state index contributed by atoms with van der Waals surface area (Å²) >= 11 is 0. The van der Waals surface area contributed by atoms with Crippen LogP contribution in [0.4, 0.5) is 0 Å². The zero-order valence-electron chi connectivity index (χ0n) is 27.1. The first-order valence-corrected chi connectivity index (χ1v) is 22.7. The van der Waals surface area contributed by atoms with Gasteiger partial charge in [0.25, 0.3) is 0 Å². The average Bonchev–Trinajstić information content (AvgIpc) is 3.89. The van der Waals surface area contributed by atoms with Crippen molar-refractivity contribution in [1.82, 2.24) is 19.9 Å². The first kappa shape index (κ1) is 29.5. The normalized spacial score (nSPS) is 13.9. The molecule has 8 heteroatoms. The van der Waals surface area contributed by atoms with E-state index >= 15 is 0 Å². The Kier molecular flexibility index (Phi) is 7.09. The van der Waals surface area contributed by atoms with Crippen molar-refractivity contribution < 1.29 is 0 Å². The second kappa shape index (κ2) is 11.5. The minimum absolute atomic E-state index is 0.0847. The van der Waals surface area contributed by atoms with Crippen LogP contribution in [-0.4, -0.2) is 19.9 Å². The molecule has 2 N–H and O–H groups in total. The van der Waals surface area contributed by atoms with E-state index in [0.717, 1.165) is 67.1 Å². The van der Waals surface area contributed by atoms with Crippen molar-refractivity contribution in [3.8, 4) is 44.5 Å². The lowest BCUT2D eigenvalue weighted by Crippen LogP contribution is -1.88. The second-order valence-corrected chi connectivity index (χ2v) is 19.3. The van der Waals surface area contributed by atoms with Gasteiger partial charge in [0.1, 0.15) is 68.1 Å². The van der Waals surface area contributed by atoms with E-state index in [1.807, 2.05) is 0 Å². The molecule has 4 nitrogen and oxygen atoms in total. The molecule has 7 aromatic rings. The van der Waals surface area contributed by atoms with Gasteiger partial charge in [-0.3, -0.25) is 0 Å². The number of nitrogens with zero attached hydrogens (tertiary/aromatic N) is 2. The highest BCUT2D eigenvalue weighted by Crippen LogP contribution is 2.41. The van der Waals surface area contributed by atoms with Gasteiger partial charge in [-0.05, 0) is 90.4 Å². The van der Waals surface area contributed by atoms with Gasteiger partial charge in [-0.25, -0.2) is 9.97 Å². The summed E-state index contributed by atoms with van der Waals surface area (Å²) in [5, 5.41) is 18.6. The van der Waals surface area contributed by atoms with Crippen LogP contribution in [0.5, 0.6) is 0 Å². The lowest BCUT2D eigenvalue weighted by Gasteiger charge is -2.03. The third kappa shape index (κ3) is 5.07. The van der Waals surface area contributed by atoms with Crippen LogP contribution in [0.25, 0.3) is 90.9 Å². The molecule has 0 saturated carbocycles. The molecule has 4 atom stereocenters. The molecule has 48 heavy (non-hydrogen) atoms. The number of aromatic amines is 2. The van der Waals surface area contributed by atoms with Crippen LogP contribution in [-0.2, 0) is 25.0 Å². The molecular formula is C40H34N4S4+4. The van der Waals surface area contributed by atoms with E-state index in [4.69, 9.17) is 9.97 Å². The van der Waals surface area contributed by atoms with Crippen LogP contribution in [0.1, 0.15) is 22.8 Å². The van der Waals surface area contributed by atoms with Crippen LogP contribution in [0, 0.1) is 0 Å². The summed E-state index contributed by atoms with van der Waals surface area (Å²) in [5.41, 5.74) is 17.4. The van der Waals surface area contributed by atoms with Gasteiger partial charge in [-0.1, -0.05) is 0 Å². The molecule has 0 radical (unpaired) electrons. The largest absolute Gasteiger partial charge is 0.354 e. The van der Waals surface area contributed by atoms with Gasteiger partial charge in [-0.2, -0.15) is 0 Å². The van der Waals surface area contributed by atoms with Crippen molar-refractivity contribution in [3.63, 3.8) is 0 Å². The number of aryl methyl sites for hydroxylation is 4. The van der Waals surface area contributed by atoms with Gasteiger partial charge in [0.2, 0.25) is 0 Å². The minimum atomic E-state index is 0.0847. The maximum absolute atomic E-state index is 5.41. The summed E-state index contributed by atoms with van der Waals surface area (Å²) in [4.78, 5) is 18.5. The van der Waals surface area contributed by atoms with E-state index in [-0.39, 0.29) is 41.9 Å². The highest BCUT2D eigenvalue weighted by molar-refractivity contribution is 7.27. The molecular weight excluding hydrogens is 665 g/mol. The van der Waals surface area contributed by atoms with Crippen LogP contribution < -0.4 is 0 Å². The maximum atomic E-state index is 5.41. The molecule has 7 aromatic heterocycles. The fourth-order valence-corrected chi connectivity index (χ4v) is 11.0. The first-order chi connectivity index (χ1) is 23.4. The lowest BCUT2D eigenvalue weighted by molar-refractivity contribution is 1.31. The van der Waals surface area contributed by atoms with Crippen molar-refractivity contribution in [2.75, 3.05) is 0 Å². The predicted octanol–water partition coefficient (Wildman–Crippen LogP) is 12.5. The zero-order valence-corrected chi connectivity index (χ0v) is 30.3. The molecule has 8 bridgehead atoms. The van der Waals surface area contributed by atoms with Crippen molar-refractivity contribution in [1.29, 1.82) is 0 Å². The predicted molar refractivity (Wildman–Crippen MR) is 214 cm³/mol. The minimum Gasteiger partial charge on any atom is -0.354 e. The lowest BCUT2D eigenvalue weighted by atomic mass is 10.1. The molecule has 2 aliphatic rings. The number of hydrogen-bond donors (Lipinski definition) is 2. The molecule has 0 aromatic carbocycles. The molecule has 9 rings (SSSR count). The molecule has 0 spiro atoms. The summed E-state index contributed by atoms with van der Waals surface area (Å²) in [6, 6.07) is 17.9. The molecule has 234 valence electrons. The number of thiophene rings is 4. The number of fused-ring (bicyclic) bond motifs is 8. The highest BCUT2D eigenvalue weighted by Gasteiger charge is 2.22. The smallest absolute Gasteiger partial charge is 0.145 e. The molecule has 4 unspecified atom stereocenters. The van der Waals surface area contributed by atoms with Crippen molar-refractivity contribution in [2.45, 2.75) is 0 Å². The van der Waals surface area contributed by atoms with Gasteiger partial charge in [0.15, 0.2) is 0 Å². The Morgan fingerprint density at radius 3 is 0.833 bits per heavy atom. The standard InChI is InChI=1S/C40H34N4S4/c1-45-17-13-25(21-45)37-29-5-7-31(41-29)38(26-14-18-46(2)22-26)33-9-11-35(43-33)40(28-16-20-48(4)24-28)36-12-10-34(44-36)39(27-15-19-47(3)23-27)32-8-6-30(37)42-32/h5-24,41,44H,1-4H3/q+4. The van der Waals surface area contributed by atoms with E-state index < -0.39 is 0 Å². The van der Waals surface area contributed by atoms with Crippen LogP contribution in [0.15, 0.2) is 91.6 Å². The molecule has 2 aliphatic heterocycles. The van der Waals surface area contributed by atoms with Gasteiger partial charge in [0.05, 0.1) is 22.8 Å². The summed E-state index contributed by atoms with van der Waals surface area (Å²) in [6.07, 6.45) is 17.8. The molecule has 0 amide bonds. The second-order valence-electron chi connectivity index (χ2n) is 12.4. The molecule has 0 fully saturated rings. The van der Waals surface area contributed by atoms with Crippen molar-refractivity contribution in [3.05, 3.63) is 114 Å². The molecule has 0 aliphatic carbocycles. The zero-order chi connectivity index (χ0) is 32.5. The van der Waals surface area contributed by atoms with E-state index in [1.54, 1.807) is 0 Å². The number of H-pyrrole nitrogens is 2. The number of aromatic nitrogens is 4. The maximum Gasteiger partial charge on any atom is 0.145 e. The Hall–Kier alpha value is -4.60. The van der Waals surface area contributed by atoms with Gasteiger partial charge in [-0.15, -0.1) is 0 Å². The SMILES string of the molecule is C[s+]1ccc(-c2c3nc(c(-c4cc[s+](C)c4)c4ccc([nH]4)c(-c4cc[s+](C)c4)c4nc(c(-c5cc[s+](C)c5)c5ccc2[nH]5)C=C4)C=C3)c1. The highest BCUT2D eigenvalue weighted by atomic mass is 32.2. The topological polar surface area (TPSA) is 57.4 Å². The monoisotopic (exact) mass is 698 g/mol. The third-order valence-corrected chi connectivity index (χ3v) is 13.8. The third-order valence-electron chi connectivity index (χ3n) is 9.01. The summed E-state index contributed by atoms with van der Waals surface area (Å²) < 4.78 is 0.